The Hall–Kier alpha value is -2.53. The zero-order chi connectivity index (χ0) is 23.9. The topological polar surface area (TPSA) is 93.6 Å². The summed E-state index contributed by atoms with van der Waals surface area (Å²) in [5.74, 6) is -0.334. The van der Waals surface area contributed by atoms with Crippen LogP contribution in [-0.2, 0) is 22.7 Å². The molecular formula is C26H27IN2O5. The van der Waals surface area contributed by atoms with Gasteiger partial charge in [-0.25, -0.2) is 4.79 Å². The molecule has 178 valence electrons. The Morgan fingerprint density at radius 3 is 2.32 bits per heavy atom. The maximum absolute atomic E-state index is 12.6. The molecule has 0 saturated heterocycles. The van der Waals surface area contributed by atoms with Crippen LogP contribution < -0.4 is 11.2 Å². The van der Waals surface area contributed by atoms with Crippen LogP contribution in [0.4, 0.5) is 0 Å². The third-order valence-electron chi connectivity index (χ3n) is 6.11. The normalized spacial score (nSPS) is 22.4. The summed E-state index contributed by atoms with van der Waals surface area (Å²) in [5, 5.41) is 11.3. The van der Waals surface area contributed by atoms with E-state index in [2.05, 4.69) is 4.98 Å². The fourth-order valence-electron chi connectivity index (χ4n) is 4.33. The summed E-state index contributed by atoms with van der Waals surface area (Å²) in [5.41, 5.74) is 1.42. The van der Waals surface area contributed by atoms with E-state index in [0.717, 1.165) is 11.1 Å². The summed E-state index contributed by atoms with van der Waals surface area (Å²) in [6.45, 7) is 1.09. The van der Waals surface area contributed by atoms with Gasteiger partial charge in [0.25, 0.3) is 5.56 Å². The molecule has 2 N–H and O–H groups in total. The van der Waals surface area contributed by atoms with E-state index in [-0.39, 0.29) is 18.6 Å². The van der Waals surface area contributed by atoms with Crippen LogP contribution in [0.1, 0.15) is 29.2 Å². The minimum Gasteiger partial charge on any atom is -0.390 e. The van der Waals surface area contributed by atoms with Crippen molar-refractivity contribution in [1.82, 2.24) is 9.55 Å². The lowest BCUT2D eigenvalue weighted by atomic mass is 10.0. The van der Waals surface area contributed by atoms with E-state index in [1.54, 1.807) is 10.2 Å². The second kappa shape index (κ2) is 11.7. The number of H-pyrrole nitrogens is 1. The molecule has 1 aliphatic carbocycles. The second-order valence-electron chi connectivity index (χ2n) is 8.34. The van der Waals surface area contributed by atoms with Gasteiger partial charge in [0.05, 0.1) is 43.6 Å². The fraction of sp³-hybridized carbons (Fsp3) is 0.308. The molecule has 1 aliphatic rings. The molecule has 0 bridgehead atoms. The van der Waals surface area contributed by atoms with E-state index < -0.39 is 23.4 Å². The van der Waals surface area contributed by atoms with Gasteiger partial charge in [0.1, 0.15) is 0 Å². The minimum absolute atomic E-state index is 0.282. The predicted octanol–water partition coefficient (Wildman–Crippen LogP) is 3.67. The largest absolute Gasteiger partial charge is 0.390 e. The van der Waals surface area contributed by atoms with Crippen molar-refractivity contribution in [2.45, 2.75) is 37.9 Å². The van der Waals surface area contributed by atoms with Gasteiger partial charge in [-0.05, 0) is 27.7 Å². The van der Waals surface area contributed by atoms with Gasteiger partial charge in [0.2, 0.25) is 0 Å². The highest BCUT2D eigenvalue weighted by Gasteiger charge is 2.44. The third-order valence-corrected chi connectivity index (χ3v) is 6.47. The monoisotopic (exact) mass is 574 g/mol. The summed E-state index contributed by atoms with van der Waals surface area (Å²) in [6, 6.07) is 19.1. The number of aliphatic hydroxyl groups is 1. The molecule has 1 fully saturated rings. The molecule has 3 aromatic rings. The Kier molecular flexibility index (Phi) is 8.49. The number of nitrogens with one attached hydrogen (secondary N) is 1. The van der Waals surface area contributed by atoms with Crippen LogP contribution in [0.2, 0.25) is 0 Å². The Labute approximate surface area is 211 Å². The molecule has 0 unspecified atom stereocenters. The lowest BCUT2D eigenvalue weighted by Crippen LogP contribution is -2.37. The number of nitrogens with zero attached hydrogens (tertiary/aromatic N) is 1. The molecule has 8 heteroatoms. The van der Waals surface area contributed by atoms with E-state index in [1.807, 2.05) is 83.3 Å². The first-order valence-electron chi connectivity index (χ1n) is 11.1. The SMILES string of the molecule is O=c1[nH]c(=O)n([C@H]2C[C@H](OCc3ccccc3)[C@@H](COCc3ccccc3)[C@@H]2O)cc1/C=C/I. The van der Waals surface area contributed by atoms with E-state index in [1.165, 1.54) is 10.8 Å². The number of rotatable bonds is 9. The molecule has 34 heavy (non-hydrogen) atoms. The van der Waals surface area contributed by atoms with Crippen LogP contribution in [-0.4, -0.2) is 33.5 Å². The number of aromatic nitrogens is 2. The number of aliphatic hydroxyl groups excluding tert-OH is 1. The average molecular weight is 574 g/mol. The standard InChI is InChI=1S/C26H27IN2O5/c27-12-11-20-14-29(26(32)28-25(20)31)22-13-23(34-16-19-9-5-2-6-10-19)21(24(22)30)17-33-15-18-7-3-1-4-8-18/h1-12,14,21-24,30H,13,15-17H2,(H,28,31,32)/b12-11+/t21-,22+,23+,24+/m1/s1. The van der Waals surface area contributed by atoms with Gasteiger partial charge in [-0.1, -0.05) is 83.3 Å². The Morgan fingerprint density at radius 1 is 1.03 bits per heavy atom. The first-order valence-corrected chi connectivity index (χ1v) is 12.4. The summed E-state index contributed by atoms with van der Waals surface area (Å²) in [4.78, 5) is 27.1. The molecule has 1 heterocycles. The lowest BCUT2D eigenvalue weighted by Gasteiger charge is -2.23. The zero-order valence-electron chi connectivity index (χ0n) is 18.5. The average Bonchev–Trinajstić information content (AvgIpc) is 3.16. The fourth-order valence-corrected chi connectivity index (χ4v) is 4.72. The molecular weight excluding hydrogens is 547 g/mol. The Bertz CT molecular complexity index is 1210. The molecule has 0 radical (unpaired) electrons. The molecule has 2 aromatic carbocycles. The molecule has 0 aliphatic heterocycles. The number of benzene rings is 2. The molecule has 1 saturated carbocycles. The number of aromatic amines is 1. The smallest absolute Gasteiger partial charge is 0.328 e. The zero-order valence-corrected chi connectivity index (χ0v) is 20.7. The van der Waals surface area contributed by atoms with Crippen molar-refractivity contribution in [3.05, 3.63) is 108 Å². The maximum atomic E-state index is 12.6. The van der Waals surface area contributed by atoms with Gasteiger partial charge in [0.15, 0.2) is 0 Å². The van der Waals surface area contributed by atoms with Crippen molar-refractivity contribution in [2.75, 3.05) is 6.61 Å². The molecule has 7 nitrogen and oxygen atoms in total. The first-order chi connectivity index (χ1) is 16.6. The van der Waals surface area contributed by atoms with Crippen LogP contribution >= 0.6 is 22.6 Å². The molecule has 0 amide bonds. The van der Waals surface area contributed by atoms with Crippen molar-refractivity contribution >= 4 is 28.7 Å². The quantitative estimate of drug-likeness (QED) is 0.381. The minimum atomic E-state index is -0.878. The van der Waals surface area contributed by atoms with E-state index >= 15 is 0 Å². The summed E-state index contributed by atoms with van der Waals surface area (Å²) in [7, 11) is 0. The van der Waals surface area contributed by atoms with Crippen LogP contribution in [0.15, 0.2) is 80.5 Å². The lowest BCUT2D eigenvalue weighted by molar-refractivity contribution is -0.0476. The maximum Gasteiger partial charge on any atom is 0.328 e. The van der Waals surface area contributed by atoms with E-state index in [9.17, 15) is 14.7 Å². The molecule has 0 spiro atoms. The summed E-state index contributed by atoms with van der Waals surface area (Å²) >= 11 is 2.02. The van der Waals surface area contributed by atoms with Gasteiger partial charge in [-0.2, -0.15) is 0 Å². The number of hydrogen-bond acceptors (Lipinski definition) is 5. The second-order valence-corrected chi connectivity index (χ2v) is 9.06. The number of ether oxygens (including phenoxy) is 2. The Balaban J connectivity index is 1.54. The van der Waals surface area contributed by atoms with Gasteiger partial charge in [-0.3, -0.25) is 14.3 Å². The van der Waals surface area contributed by atoms with Gasteiger partial charge < -0.3 is 14.6 Å². The van der Waals surface area contributed by atoms with E-state index in [4.69, 9.17) is 9.47 Å². The van der Waals surface area contributed by atoms with Crippen molar-refractivity contribution < 1.29 is 14.6 Å². The van der Waals surface area contributed by atoms with Crippen molar-refractivity contribution in [2.24, 2.45) is 5.92 Å². The number of hydrogen-bond donors (Lipinski definition) is 2. The molecule has 4 atom stereocenters. The first kappa shape index (κ1) is 24.6. The van der Waals surface area contributed by atoms with Gasteiger partial charge in [0, 0.05) is 12.1 Å². The highest BCUT2D eigenvalue weighted by molar-refractivity contribution is 14.1. The van der Waals surface area contributed by atoms with Crippen molar-refractivity contribution in [3.8, 4) is 0 Å². The Morgan fingerprint density at radius 2 is 1.68 bits per heavy atom. The van der Waals surface area contributed by atoms with Crippen molar-refractivity contribution in [1.29, 1.82) is 0 Å². The van der Waals surface area contributed by atoms with Crippen LogP contribution in [0.5, 0.6) is 0 Å². The predicted molar refractivity (Wildman–Crippen MR) is 139 cm³/mol. The molecule has 4 rings (SSSR count). The number of halogens is 1. The van der Waals surface area contributed by atoms with Crippen molar-refractivity contribution in [3.63, 3.8) is 0 Å². The highest BCUT2D eigenvalue weighted by Crippen LogP contribution is 2.37. The third kappa shape index (κ3) is 5.93. The molecule has 1 aromatic heterocycles. The van der Waals surface area contributed by atoms with Gasteiger partial charge >= 0.3 is 5.69 Å². The summed E-state index contributed by atoms with van der Waals surface area (Å²) < 4.78 is 15.3. The highest BCUT2D eigenvalue weighted by atomic mass is 127. The van der Waals surface area contributed by atoms with E-state index in [0.29, 0.717) is 25.2 Å². The van der Waals surface area contributed by atoms with Gasteiger partial charge in [-0.15, -0.1) is 0 Å². The summed E-state index contributed by atoms with van der Waals surface area (Å²) in [6.07, 6.45) is 2.36. The van der Waals surface area contributed by atoms with Crippen LogP contribution in [0.3, 0.4) is 0 Å². The van der Waals surface area contributed by atoms with Crippen LogP contribution in [0, 0.1) is 5.92 Å². The van der Waals surface area contributed by atoms with Crippen LogP contribution in [0.25, 0.3) is 6.08 Å².